The zero-order valence-corrected chi connectivity index (χ0v) is 13.6. The number of hydrogen-bond acceptors (Lipinski definition) is 3. The van der Waals surface area contributed by atoms with Crippen LogP contribution in [-0.4, -0.2) is 43.9 Å². The van der Waals surface area contributed by atoms with Gasteiger partial charge in [0.15, 0.2) is 9.84 Å². The molecule has 1 saturated carbocycles. The first-order valence-electron chi connectivity index (χ1n) is 6.77. The number of amides is 2. The molecule has 0 heterocycles. The van der Waals surface area contributed by atoms with Crippen molar-refractivity contribution < 1.29 is 13.2 Å². The van der Waals surface area contributed by atoms with Gasteiger partial charge in [0.25, 0.3) is 0 Å². The fourth-order valence-corrected chi connectivity index (χ4v) is 4.45. The Kier molecular flexibility index (Phi) is 4.78. The van der Waals surface area contributed by atoms with E-state index in [1.54, 1.807) is 31.3 Å². The van der Waals surface area contributed by atoms with Gasteiger partial charge in [-0.1, -0.05) is 17.7 Å². The Labute approximate surface area is 130 Å². The van der Waals surface area contributed by atoms with Crippen molar-refractivity contribution in [1.82, 2.24) is 4.90 Å². The summed E-state index contributed by atoms with van der Waals surface area (Å²) in [6.45, 7) is 0. The fourth-order valence-electron chi connectivity index (χ4n) is 2.78. The van der Waals surface area contributed by atoms with Crippen molar-refractivity contribution in [1.29, 1.82) is 0 Å². The van der Waals surface area contributed by atoms with E-state index < -0.39 is 15.1 Å². The maximum Gasteiger partial charge on any atom is 0.321 e. The lowest BCUT2D eigenvalue weighted by Gasteiger charge is -2.29. The Bertz CT molecular complexity index is 633. The highest BCUT2D eigenvalue weighted by molar-refractivity contribution is 7.91. The smallest absolute Gasteiger partial charge is 0.321 e. The molecule has 0 aliphatic heterocycles. The number of rotatable bonds is 3. The monoisotopic (exact) mass is 330 g/mol. The maximum absolute atomic E-state index is 12.3. The molecule has 0 spiro atoms. The molecular weight excluding hydrogens is 312 g/mol. The molecule has 5 nitrogen and oxygen atoms in total. The Hall–Kier alpha value is -1.27. The summed E-state index contributed by atoms with van der Waals surface area (Å²) in [7, 11) is -1.52. The molecule has 1 N–H and O–H groups in total. The molecule has 21 heavy (non-hydrogen) atoms. The van der Waals surface area contributed by atoms with Crippen molar-refractivity contribution in [2.75, 3.05) is 18.6 Å². The van der Waals surface area contributed by atoms with E-state index in [1.807, 2.05) is 0 Å². The van der Waals surface area contributed by atoms with Crippen LogP contribution in [0.25, 0.3) is 0 Å². The van der Waals surface area contributed by atoms with Gasteiger partial charge in [-0.2, -0.15) is 0 Å². The van der Waals surface area contributed by atoms with Gasteiger partial charge < -0.3 is 10.2 Å². The fraction of sp³-hybridized carbons (Fsp3) is 0.500. The molecule has 1 aliphatic carbocycles. The normalized spacial score (nSPS) is 22.0. The van der Waals surface area contributed by atoms with Crippen LogP contribution in [0.2, 0.25) is 5.02 Å². The molecule has 1 fully saturated rings. The predicted octanol–water partition coefficient (Wildman–Crippen LogP) is 2.77. The number of nitrogens with zero attached hydrogens (tertiary/aromatic N) is 1. The van der Waals surface area contributed by atoms with Crippen molar-refractivity contribution in [3.8, 4) is 0 Å². The number of carbonyl (C=O) groups is 1. The highest BCUT2D eigenvalue weighted by Gasteiger charge is 2.38. The van der Waals surface area contributed by atoms with Crippen LogP contribution < -0.4 is 5.32 Å². The van der Waals surface area contributed by atoms with Gasteiger partial charge in [0.1, 0.15) is 0 Å². The molecule has 1 aromatic rings. The molecule has 2 amide bonds. The molecular formula is C14H19ClN2O3S. The highest BCUT2D eigenvalue weighted by Crippen LogP contribution is 2.29. The van der Waals surface area contributed by atoms with E-state index in [-0.39, 0.29) is 12.1 Å². The summed E-state index contributed by atoms with van der Waals surface area (Å²) in [5, 5.41) is 2.79. The zero-order chi connectivity index (χ0) is 15.6. The van der Waals surface area contributed by atoms with E-state index in [4.69, 9.17) is 11.6 Å². The minimum atomic E-state index is -3.15. The average molecular weight is 331 g/mol. The van der Waals surface area contributed by atoms with Crippen molar-refractivity contribution in [2.24, 2.45) is 0 Å². The van der Waals surface area contributed by atoms with Crippen molar-refractivity contribution in [2.45, 2.75) is 30.6 Å². The van der Waals surface area contributed by atoms with Gasteiger partial charge in [0.05, 0.1) is 5.25 Å². The summed E-state index contributed by atoms with van der Waals surface area (Å²) in [5.74, 6) is 0. The summed E-state index contributed by atoms with van der Waals surface area (Å²) >= 11 is 5.87. The summed E-state index contributed by atoms with van der Waals surface area (Å²) < 4.78 is 23.6. The summed E-state index contributed by atoms with van der Waals surface area (Å²) in [5.41, 5.74) is 0.591. The van der Waals surface area contributed by atoms with Gasteiger partial charge in [-0.15, -0.1) is 0 Å². The van der Waals surface area contributed by atoms with Crippen molar-refractivity contribution >= 4 is 33.2 Å². The zero-order valence-electron chi connectivity index (χ0n) is 12.0. The number of hydrogen-bond donors (Lipinski definition) is 1. The third kappa shape index (κ3) is 3.89. The molecule has 116 valence electrons. The van der Waals surface area contributed by atoms with E-state index in [9.17, 15) is 13.2 Å². The van der Waals surface area contributed by atoms with Crippen LogP contribution in [0, 0.1) is 0 Å². The minimum Gasteiger partial charge on any atom is -0.323 e. The van der Waals surface area contributed by atoms with Gasteiger partial charge in [-0.25, -0.2) is 13.2 Å². The molecule has 2 atom stereocenters. The van der Waals surface area contributed by atoms with Crippen LogP contribution in [0.4, 0.5) is 10.5 Å². The largest absolute Gasteiger partial charge is 0.323 e. The van der Waals surface area contributed by atoms with Crippen LogP contribution in [-0.2, 0) is 9.84 Å². The Balaban J connectivity index is 2.09. The van der Waals surface area contributed by atoms with E-state index in [2.05, 4.69) is 5.32 Å². The number of urea groups is 1. The first kappa shape index (κ1) is 16.1. The summed E-state index contributed by atoms with van der Waals surface area (Å²) in [6, 6.07) is 6.25. The van der Waals surface area contributed by atoms with Crippen molar-refractivity contribution in [3.05, 3.63) is 29.3 Å². The lowest BCUT2D eigenvalue weighted by molar-refractivity contribution is 0.205. The molecule has 0 aromatic heterocycles. The molecule has 2 rings (SSSR count). The van der Waals surface area contributed by atoms with E-state index in [0.29, 0.717) is 23.6 Å². The Morgan fingerprint density at radius 2 is 2.10 bits per heavy atom. The lowest BCUT2D eigenvalue weighted by Crippen LogP contribution is -2.46. The number of benzene rings is 1. The Morgan fingerprint density at radius 3 is 2.71 bits per heavy atom. The lowest BCUT2D eigenvalue weighted by atomic mass is 10.2. The van der Waals surface area contributed by atoms with Crippen LogP contribution in [0.3, 0.4) is 0 Å². The van der Waals surface area contributed by atoms with Crippen LogP contribution >= 0.6 is 11.6 Å². The number of anilines is 1. The highest BCUT2D eigenvalue weighted by atomic mass is 35.5. The van der Waals surface area contributed by atoms with Crippen LogP contribution in [0.15, 0.2) is 24.3 Å². The number of carbonyl (C=O) groups excluding carboxylic acids is 1. The third-order valence-corrected chi connectivity index (χ3v) is 5.75. The molecule has 0 saturated heterocycles. The first-order chi connectivity index (χ1) is 9.79. The van der Waals surface area contributed by atoms with Crippen LogP contribution in [0.1, 0.15) is 19.3 Å². The standard InChI is InChI=1S/C14H19ClN2O3S/c1-17(12-7-4-8-13(12)21(2,19)20)14(18)16-11-6-3-5-10(15)9-11/h3,5-6,9,12-13H,4,7-8H2,1-2H3,(H,16,18). The molecule has 0 bridgehead atoms. The molecule has 2 unspecified atom stereocenters. The van der Waals surface area contributed by atoms with E-state index in [0.717, 1.165) is 6.42 Å². The topological polar surface area (TPSA) is 66.5 Å². The molecule has 7 heteroatoms. The van der Waals surface area contributed by atoms with Gasteiger partial charge in [-0.05, 0) is 37.5 Å². The minimum absolute atomic E-state index is 0.279. The number of sulfone groups is 1. The van der Waals surface area contributed by atoms with E-state index in [1.165, 1.54) is 11.2 Å². The first-order valence-corrected chi connectivity index (χ1v) is 9.10. The molecule has 1 aliphatic rings. The second kappa shape index (κ2) is 6.23. The van der Waals surface area contributed by atoms with Gasteiger partial charge in [0, 0.05) is 30.1 Å². The predicted molar refractivity (Wildman–Crippen MR) is 84.5 cm³/mol. The van der Waals surface area contributed by atoms with Gasteiger partial charge >= 0.3 is 6.03 Å². The second-order valence-electron chi connectivity index (χ2n) is 5.42. The third-order valence-electron chi connectivity index (χ3n) is 3.86. The Morgan fingerprint density at radius 1 is 1.38 bits per heavy atom. The van der Waals surface area contributed by atoms with Crippen molar-refractivity contribution in [3.63, 3.8) is 0 Å². The average Bonchev–Trinajstić information content (AvgIpc) is 2.86. The van der Waals surface area contributed by atoms with Gasteiger partial charge in [-0.3, -0.25) is 0 Å². The summed E-state index contributed by atoms with van der Waals surface area (Å²) in [6.07, 6.45) is 3.37. The SMILES string of the molecule is CN(C(=O)Nc1cccc(Cl)c1)C1CCCC1S(C)(=O)=O. The van der Waals surface area contributed by atoms with Crippen LogP contribution in [0.5, 0.6) is 0 Å². The summed E-state index contributed by atoms with van der Waals surface area (Å²) in [4.78, 5) is 13.7. The second-order valence-corrected chi connectivity index (χ2v) is 8.12. The van der Waals surface area contributed by atoms with E-state index >= 15 is 0 Å². The molecule has 1 aromatic carbocycles. The van der Waals surface area contributed by atoms with Gasteiger partial charge in [0.2, 0.25) is 0 Å². The number of halogens is 1. The quantitative estimate of drug-likeness (QED) is 0.926. The maximum atomic E-state index is 12.3. The molecule has 0 radical (unpaired) electrons. The number of nitrogens with one attached hydrogen (secondary N) is 1.